The summed E-state index contributed by atoms with van der Waals surface area (Å²) >= 11 is 0. The van der Waals surface area contributed by atoms with Gasteiger partial charge < -0.3 is 10.2 Å². The summed E-state index contributed by atoms with van der Waals surface area (Å²) in [5, 5.41) is 17.5. The van der Waals surface area contributed by atoms with E-state index >= 15 is 0 Å². The predicted molar refractivity (Wildman–Crippen MR) is 40.5 cm³/mol. The van der Waals surface area contributed by atoms with Crippen LogP contribution in [0.3, 0.4) is 0 Å². The van der Waals surface area contributed by atoms with Gasteiger partial charge in [0.15, 0.2) is 0 Å². The fraction of sp³-hybridized carbons (Fsp3) is 0. The third kappa shape index (κ3) is 1.60. The average molecular weight is 166 g/mol. The van der Waals surface area contributed by atoms with E-state index in [2.05, 4.69) is 0 Å². The number of hydrogen-bond donors (Lipinski definition) is 2. The van der Waals surface area contributed by atoms with Crippen LogP contribution in [0.15, 0.2) is 18.2 Å². The lowest BCUT2D eigenvalue weighted by atomic mass is 10.1. The second-order valence-corrected chi connectivity index (χ2v) is 2.24. The van der Waals surface area contributed by atoms with Crippen molar-refractivity contribution in [2.24, 2.45) is 0 Å². The van der Waals surface area contributed by atoms with Gasteiger partial charge in [0, 0.05) is 5.56 Å². The first-order valence-corrected chi connectivity index (χ1v) is 3.16. The molecule has 0 aromatic heterocycles. The van der Waals surface area contributed by atoms with E-state index in [1.807, 2.05) is 0 Å². The van der Waals surface area contributed by atoms with E-state index in [9.17, 15) is 9.59 Å². The van der Waals surface area contributed by atoms with Crippen LogP contribution in [0.5, 0.6) is 5.75 Å². The number of aldehydes is 1. The molecular weight excluding hydrogens is 160 g/mol. The first kappa shape index (κ1) is 8.26. The molecular formula is C8H6O4. The van der Waals surface area contributed by atoms with E-state index in [4.69, 9.17) is 10.2 Å². The van der Waals surface area contributed by atoms with Crippen molar-refractivity contribution >= 4 is 12.3 Å². The molecule has 1 rings (SSSR count). The summed E-state index contributed by atoms with van der Waals surface area (Å²) in [5.74, 6) is -1.40. The molecule has 0 spiro atoms. The summed E-state index contributed by atoms with van der Waals surface area (Å²) in [6, 6.07) is 3.46. The smallest absolute Gasteiger partial charge is 0.335 e. The molecule has 1 aromatic carbocycles. The number of carbonyl (C=O) groups excluding carboxylic acids is 1. The summed E-state index contributed by atoms with van der Waals surface area (Å²) in [7, 11) is 0. The topological polar surface area (TPSA) is 74.6 Å². The van der Waals surface area contributed by atoms with Crippen LogP contribution in [-0.2, 0) is 0 Å². The van der Waals surface area contributed by atoms with Crippen molar-refractivity contribution < 1.29 is 19.8 Å². The number of phenols is 1. The molecule has 0 fully saturated rings. The average Bonchev–Trinajstić information content (AvgIpc) is 2.03. The number of rotatable bonds is 2. The van der Waals surface area contributed by atoms with Crippen LogP contribution in [-0.4, -0.2) is 22.5 Å². The Morgan fingerprint density at radius 3 is 2.50 bits per heavy atom. The molecule has 4 heteroatoms. The standard InChI is InChI=1S/C8H6O4/c9-4-5-1-6(8(11)12)3-7(10)2-5/h1-4,10H,(H,11,12). The maximum Gasteiger partial charge on any atom is 0.335 e. The maximum atomic E-state index is 10.4. The molecule has 0 aliphatic rings. The summed E-state index contributed by atoms with van der Waals surface area (Å²) in [6.45, 7) is 0. The Balaban J connectivity index is 3.23. The minimum atomic E-state index is -1.17. The molecule has 62 valence electrons. The number of benzene rings is 1. The molecule has 1 aromatic rings. The summed E-state index contributed by atoms with van der Waals surface area (Å²) in [6.07, 6.45) is 0.478. The minimum absolute atomic E-state index is 0.0999. The van der Waals surface area contributed by atoms with Gasteiger partial charge in [-0.2, -0.15) is 0 Å². The van der Waals surface area contributed by atoms with Crippen LogP contribution in [0.25, 0.3) is 0 Å². The summed E-state index contributed by atoms with van der Waals surface area (Å²) < 4.78 is 0. The van der Waals surface area contributed by atoms with Gasteiger partial charge in [-0.05, 0) is 18.2 Å². The lowest BCUT2D eigenvalue weighted by Crippen LogP contribution is -1.96. The highest BCUT2D eigenvalue weighted by Crippen LogP contribution is 2.14. The van der Waals surface area contributed by atoms with Crippen LogP contribution in [0.2, 0.25) is 0 Å². The molecule has 0 atom stereocenters. The highest BCUT2D eigenvalue weighted by molar-refractivity contribution is 5.90. The van der Waals surface area contributed by atoms with Crippen LogP contribution < -0.4 is 0 Å². The predicted octanol–water partition coefficient (Wildman–Crippen LogP) is 0.903. The van der Waals surface area contributed by atoms with Gasteiger partial charge in [0.2, 0.25) is 0 Å². The van der Waals surface area contributed by atoms with Crippen LogP contribution in [0.1, 0.15) is 20.7 Å². The first-order chi connectivity index (χ1) is 5.63. The van der Waals surface area contributed by atoms with Gasteiger partial charge in [0.05, 0.1) is 5.56 Å². The summed E-state index contributed by atoms with van der Waals surface area (Å²) in [4.78, 5) is 20.6. The number of carboxylic acid groups (broad SMARTS) is 1. The van der Waals surface area contributed by atoms with Crippen molar-refractivity contribution in [2.75, 3.05) is 0 Å². The molecule has 0 aliphatic heterocycles. The monoisotopic (exact) mass is 166 g/mol. The Morgan fingerprint density at radius 1 is 1.33 bits per heavy atom. The van der Waals surface area contributed by atoms with Crippen LogP contribution >= 0.6 is 0 Å². The Kier molecular flexibility index (Phi) is 2.09. The van der Waals surface area contributed by atoms with E-state index in [-0.39, 0.29) is 16.9 Å². The van der Waals surface area contributed by atoms with Crippen molar-refractivity contribution in [2.45, 2.75) is 0 Å². The molecule has 0 amide bonds. The highest BCUT2D eigenvalue weighted by Gasteiger charge is 2.05. The molecule has 2 N–H and O–H groups in total. The van der Waals surface area contributed by atoms with Gasteiger partial charge in [0.25, 0.3) is 0 Å². The summed E-state index contributed by atoms with van der Waals surface area (Å²) in [5.41, 5.74) is 0.0458. The number of phenolic OH excluding ortho intramolecular Hbond substituents is 1. The van der Waals surface area contributed by atoms with Gasteiger partial charge in [-0.15, -0.1) is 0 Å². The fourth-order valence-electron chi connectivity index (χ4n) is 0.826. The molecule has 0 saturated heterocycles. The quantitative estimate of drug-likeness (QED) is 0.640. The molecule has 0 radical (unpaired) electrons. The van der Waals surface area contributed by atoms with Crippen molar-refractivity contribution in [1.29, 1.82) is 0 Å². The van der Waals surface area contributed by atoms with Crippen molar-refractivity contribution in [3.05, 3.63) is 29.3 Å². The molecule has 0 bridgehead atoms. The van der Waals surface area contributed by atoms with Gasteiger partial charge in [0.1, 0.15) is 12.0 Å². The Bertz CT molecular complexity index is 330. The zero-order valence-electron chi connectivity index (χ0n) is 6.02. The van der Waals surface area contributed by atoms with Crippen LogP contribution in [0, 0.1) is 0 Å². The van der Waals surface area contributed by atoms with Crippen molar-refractivity contribution in [3.63, 3.8) is 0 Å². The lowest BCUT2D eigenvalue weighted by molar-refractivity contribution is 0.0696. The second kappa shape index (κ2) is 3.04. The molecule has 4 nitrogen and oxygen atoms in total. The lowest BCUT2D eigenvalue weighted by Gasteiger charge is -1.97. The molecule has 12 heavy (non-hydrogen) atoms. The van der Waals surface area contributed by atoms with Crippen molar-refractivity contribution in [1.82, 2.24) is 0 Å². The number of aromatic carboxylic acids is 1. The normalized spacial score (nSPS) is 9.33. The van der Waals surface area contributed by atoms with E-state index in [0.29, 0.717) is 6.29 Å². The third-order valence-corrected chi connectivity index (χ3v) is 1.32. The van der Waals surface area contributed by atoms with Gasteiger partial charge in [-0.3, -0.25) is 4.79 Å². The van der Waals surface area contributed by atoms with Gasteiger partial charge >= 0.3 is 5.97 Å². The number of aromatic hydroxyl groups is 1. The van der Waals surface area contributed by atoms with Gasteiger partial charge in [-0.1, -0.05) is 0 Å². The van der Waals surface area contributed by atoms with Crippen molar-refractivity contribution in [3.8, 4) is 5.75 Å². The maximum absolute atomic E-state index is 10.4. The largest absolute Gasteiger partial charge is 0.508 e. The number of carbonyl (C=O) groups is 2. The Labute approximate surface area is 68.1 Å². The molecule has 0 saturated carbocycles. The third-order valence-electron chi connectivity index (χ3n) is 1.32. The second-order valence-electron chi connectivity index (χ2n) is 2.24. The number of carboxylic acids is 1. The Hall–Kier alpha value is -1.84. The van der Waals surface area contributed by atoms with Crippen LogP contribution in [0.4, 0.5) is 0 Å². The Morgan fingerprint density at radius 2 is 2.00 bits per heavy atom. The van der Waals surface area contributed by atoms with E-state index in [1.54, 1.807) is 0 Å². The van der Waals surface area contributed by atoms with E-state index < -0.39 is 5.97 Å². The van der Waals surface area contributed by atoms with E-state index in [0.717, 1.165) is 6.07 Å². The van der Waals surface area contributed by atoms with Gasteiger partial charge in [-0.25, -0.2) is 4.79 Å². The molecule has 0 aliphatic carbocycles. The molecule has 0 unspecified atom stereocenters. The zero-order chi connectivity index (χ0) is 9.14. The first-order valence-electron chi connectivity index (χ1n) is 3.16. The minimum Gasteiger partial charge on any atom is -0.508 e. The fourth-order valence-corrected chi connectivity index (χ4v) is 0.826. The van der Waals surface area contributed by atoms with E-state index in [1.165, 1.54) is 12.1 Å². The number of hydrogen-bond acceptors (Lipinski definition) is 3. The molecule has 0 heterocycles. The highest BCUT2D eigenvalue weighted by atomic mass is 16.4. The SMILES string of the molecule is O=Cc1cc(O)cc(C(=O)O)c1. The zero-order valence-corrected chi connectivity index (χ0v) is 6.02.